The van der Waals surface area contributed by atoms with Crippen LogP contribution in [0.5, 0.6) is 0 Å². The lowest BCUT2D eigenvalue weighted by Gasteiger charge is -2.39. The van der Waals surface area contributed by atoms with Crippen LogP contribution in [0.3, 0.4) is 0 Å². The molecule has 2 aromatic rings. The van der Waals surface area contributed by atoms with E-state index in [0.717, 1.165) is 43.5 Å². The second-order valence-electron chi connectivity index (χ2n) is 6.57. The van der Waals surface area contributed by atoms with Gasteiger partial charge in [0.05, 0.1) is 17.0 Å². The van der Waals surface area contributed by atoms with Crippen molar-refractivity contribution in [1.29, 1.82) is 0 Å². The molecular formula is C17H20ClN3O2S. The summed E-state index contributed by atoms with van der Waals surface area (Å²) < 4.78 is 23.4. The molecule has 2 fully saturated rings. The van der Waals surface area contributed by atoms with E-state index in [-0.39, 0.29) is 6.04 Å². The number of nitrogens with zero attached hydrogens (tertiary/aromatic N) is 3. The molecule has 0 amide bonds. The van der Waals surface area contributed by atoms with Crippen LogP contribution in [-0.4, -0.2) is 62.0 Å². The number of halogens is 1. The van der Waals surface area contributed by atoms with Crippen LogP contribution in [0.2, 0.25) is 5.02 Å². The van der Waals surface area contributed by atoms with Gasteiger partial charge in [0.25, 0.3) is 0 Å². The molecule has 128 valence electrons. The lowest BCUT2D eigenvalue weighted by molar-refractivity contribution is 0.200. The topological polar surface area (TPSA) is 53.5 Å². The van der Waals surface area contributed by atoms with Crippen LogP contribution < -0.4 is 4.90 Å². The lowest BCUT2D eigenvalue weighted by atomic mass is 10.1. The van der Waals surface area contributed by atoms with E-state index in [1.54, 1.807) is 0 Å². The Morgan fingerprint density at radius 3 is 2.62 bits per heavy atom. The molecule has 2 aliphatic rings. The van der Waals surface area contributed by atoms with Crippen LogP contribution in [-0.2, 0) is 9.84 Å². The molecular weight excluding hydrogens is 346 g/mol. The quantitative estimate of drug-likeness (QED) is 0.816. The third kappa shape index (κ3) is 3.10. The van der Waals surface area contributed by atoms with Gasteiger partial charge in [0.2, 0.25) is 0 Å². The number of rotatable bonds is 2. The number of hydrogen-bond acceptors (Lipinski definition) is 5. The Morgan fingerprint density at radius 1 is 1.12 bits per heavy atom. The molecule has 0 aliphatic carbocycles. The van der Waals surface area contributed by atoms with Gasteiger partial charge in [-0.15, -0.1) is 0 Å². The zero-order chi connectivity index (χ0) is 16.7. The molecule has 0 saturated carbocycles. The Hall–Kier alpha value is -1.37. The highest BCUT2D eigenvalue weighted by atomic mass is 35.5. The van der Waals surface area contributed by atoms with Gasteiger partial charge in [-0.1, -0.05) is 11.6 Å². The highest BCUT2D eigenvalue weighted by molar-refractivity contribution is 7.91. The first-order valence-corrected chi connectivity index (χ1v) is 10.5. The van der Waals surface area contributed by atoms with Crippen LogP contribution >= 0.6 is 11.6 Å². The van der Waals surface area contributed by atoms with Crippen molar-refractivity contribution in [3.8, 4) is 0 Å². The fourth-order valence-corrected chi connectivity index (χ4v) is 5.70. The fourth-order valence-electron chi connectivity index (χ4n) is 3.77. The third-order valence-electron chi connectivity index (χ3n) is 5.06. The van der Waals surface area contributed by atoms with Crippen LogP contribution in [0.25, 0.3) is 10.9 Å². The Morgan fingerprint density at radius 2 is 1.92 bits per heavy atom. The third-order valence-corrected chi connectivity index (χ3v) is 7.05. The largest absolute Gasteiger partial charge is 0.368 e. The van der Waals surface area contributed by atoms with Gasteiger partial charge in [0.15, 0.2) is 9.84 Å². The smallest absolute Gasteiger partial charge is 0.151 e. The minimum absolute atomic E-state index is 0.199. The standard InChI is InChI=1S/C17H20ClN3O2S/c18-13-1-2-15-16(11-13)19-5-3-17(15)21-8-6-20(7-9-21)14-4-10-24(22,23)12-14/h1-3,5,11,14H,4,6-10,12H2. The summed E-state index contributed by atoms with van der Waals surface area (Å²) in [5, 5.41) is 1.80. The molecule has 2 aliphatic heterocycles. The summed E-state index contributed by atoms with van der Waals surface area (Å²) in [6.45, 7) is 3.60. The SMILES string of the molecule is O=S1(=O)CCC(N2CCN(c3ccnc4cc(Cl)ccc34)CC2)C1. The number of piperazine rings is 1. The first kappa shape index (κ1) is 16.1. The van der Waals surface area contributed by atoms with Gasteiger partial charge in [0.1, 0.15) is 0 Å². The number of sulfone groups is 1. The molecule has 5 nitrogen and oxygen atoms in total. The van der Waals surface area contributed by atoms with Crippen molar-refractivity contribution in [1.82, 2.24) is 9.88 Å². The summed E-state index contributed by atoms with van der Waals surface area (Å²) in [6, 6.07) is 8.06. The maximum Gasteiger partial charge on any atom is 0.151 e. The van der Waals surface area contributed by atoms with E-state index >= 15 is 0 Å². The van der Waals surface area contributed by atoms with Crippen molar-refractivity contribution in [2.75, 3.05) is 42.6 Å². The molecule has 0 N–H and O–H groups in total. The van der Waals surface area contributed by atoms with Gasteiger partial charge >= 0.3 is 0 Å². The molecule has 7 heteroatoms. The van der Waals surface area contributed by atoms with Gasteiger partial charge in [-0.2, -0.15) is 0 Å². The fraction of sp³-hybridized carbons (Fsp3) is 0.471. The highest BCUT2D eigenvalue weighted by Gasteiger charge is 2.33. The molecule has 24 heavy (non-hydrogen) atoms. The van der Waals surface area contributed by atoms with Crippen molar-refractivity contribution in [3.05, 3.63) is 35.5 Å². The molecule has 0 spiro atoms. The lowest BCUT2D eigenvalue weighted by Crippen LogP contribution is -2.50. The Bertz CT molecular complexity index is 863. The molecule has 1 atom stereocenters. The Labute approximate surface area is 147 Å². The van der Waals surface area contributed by atoms with Crippen molar-refractivity contribution >= 4 is 38.0 Å². The summed E-state index contributed by atoms with van der Waals surface area (Å²) in [5.74, 6) is 0.664. The Balaban J connectivity index is 1.50. The summed E-state index contributed by atoms with van der Waals surface area (Å²) in [5.41, 5.74) is 2.08. The van der Waals surface area contributed by atoms with Crippen LogP contribution in [0.1, 0.15) is 6.42 Å². The molecule has 1 unspecified atom stereocenters. The van der Waals surface area contributed by atoms with Crippen LogP contribution in [0.4, 0.5) is 5.69 Å². The molecule has 0 radical (unpaired) electrons. The van der Waals surface area contributed by atoms with E-state index in [1.807, 2.05) is 30.5 Å². The molecule has 1 aromatic carbocycles. The van der Waals surface area contributed by atoms with Crippen molar-refractivity contribution in [3.63, 3.8) is 0 Å². The number of fused-ring (bicyclic) bond motifs is 1. The number of aromatic nitrogens is 1. The minimum atomic E-state index is -2.82. The summed E-state index contributed by atoms with van der Waals surface area (Å²) in [6.07, 6.45) is 2.60. The average Bonchev–Trinajstić information content (AvgIpc) is 2.94. The van der Waals surface area contributed by atoms with Crippen molar-refractivity contribution < 1.29 is 8.42 Å². The second-order valence-corrected chi connectivity index (χ2v) is 9.24. The first-order chi connectivity index (χ1) is 11.5. The van der Waals surface area contributed by atoms with Crippen molar-refractivity contribution in [2.24, 2.45) is 0 Å². The van der Waals surface area contributed by atoms with E-state index in [1.165, 1.54) is 5.69 Å². The highest BCUT2D eigenvalue weighted by Crippen LogP contribution is 2.29. The predicted molar refractivity (Wildman–Crippen MR) is 97.6 cm³/mol. The molecule has 2 saturated heterocycles. The monoisotopic (exact) mass is 365 g/mol. The van der Waals surface area contributed by atoms with E-state index in [9.17, 15) is 8.42 Å². The van der Waals surface area contributed by atoms with E-state index in [4.69, 9.17) is 11.6 Å². The van der Waals surface area contributed by atoms with Gasteiger partial charge in [-0.25, -0.2) is 8.42 Å². The molecule has 0 bridgehead atoms. The number of hydrogen-bond donors (Lipinski definition) is 0. The second kappa shape index (κ2) is 6.17. The van der Waals surface area contributed by atoms with Gasteiger partial charge in [-0.05, 0) is 30.7 Å². The summed E-state index contributed by atoms with van der Waals surface area (Å²) in [7, 11) is -2.82. The Kier molecular flexibility index (Phi) is 4.14. The molecule has 3 heterocycles. The zero-order valence-electron chi connectivity index (χ0n) is 13.4. The molecule has 1 aromatic heterocycles. The minimum Gasteiger partial charge on any atom is -0.368 e. The number of anilines is 1. The maximum atomic E-state index is 11.7. The average molecular weight is 366 g/mol. The summed E-state index contributed by atoms with van der Waals surface area (Å²) in [4.78, 5) is 9.10. The van der Waals surface area contributed by atoms with E-state index < -0.39 is 9.84 Å². The maximum absolute atomic E-state index is 11.7. The van der Waals surface area contributed by atoms with E-state index in [2.05, 4.69) is 14.8 Å². The zero-order valence-corrected chi connectivity index (χ0v) is 14.9. The van der Waals surface area contributed by atoms with E-state index in [0.29, 0.717) is 16.5 Å². The summed E-state index contributed by atoms with van der Waals surface area (Å²) >= 11 is 6.06. The van der Waals surface area contributed by atoms with Gasteiger partial charge in [0, 0.05) is 54.5 Å². The van der Waals surface area contributed by atoms with Crippen LogP contribution in [0, 0.1) is 0 Å². The number of benzene rings is 1. The van der Waals surface area contributed by atoms with Crippen LogP contribution in [0.15, 0.2) is 30.5 Å². The normalized spacial score (nSPS) is 24.5. The number of pyridine rings is 1. The van der Waals surface area contributed by atoms with Crippen molar-refractivity contribution in [2.45, 2.75) is 12.5 Å². The first-order valence-electron chi connectivity index (χ1n) is 8.25. The van der Waals surface area contributed by atoms with Gasteiger partial charge < -0.3 is 4.90 Å². The van der Waals surface area contributed by atoms with Gasteiger partial charge in [-0.3, -0.25) is 9.88 Å². The predicted octanol–water partition coefficient (Wildman–Crippen LogP) is 2.20. The molecule has 4 rings (SSSR count).